The van der Waals surface area contributed by atoms with Gasteiger partial charge in [-0.05, 0) is 110 Å². The Morgan fingerprint density at radius 1 is 1.05 bits per heavy atom. The third-order valence-electron chi connectivity index (χ3n) is 14.4. The highest BCUT2D eigenvalue weighted by Crippen LogP contribution is 2.49. The monoisotopic (exact) mass is 789 g/mol. The summed E-state index contributed by atoms with van der Waals surface area (Å²) in [5.41, 5.74) is 3.16. The molecule has 2 saturated heterocycles. The summed E-state index contributed by atoms with van der Waals surface area (Å²) in [6, 6.07) is 12.6. The molecule has 1 spiro atoms. The van der Waals surface area contributed by atoms with Gasteiger partial charge in [0.25, 0.3) is 5.91 Å². The van der Waals surface area contributed by atoms with Crippen molar-refractivity contribution in [2.24, 2.45) is 17.8 Å². The number of aryl methyl sites for hydroxylation is 1. The van der Waals surface area contributed by atoms with E-state index in [1.54, 1.807) is 0 Å². The van der Waals surface area contributed by atoms with Crippen molar-refractivity contribution in [1.82, 2.24) is 19.4 Å². The Bertz CT molecular complexity index is 1830. The smallest absolute Gasteiger partial charge is 0.260 e. The summed E-state index contributed by atoms with van der Waals surface area (Å²) >= 11 is 6.53. The van der Waals surface area contributed by atoms with Gasteiger partial charge in [0.2, 0.25) is 5.91 Å². The number of ether oxygens (including phenoxy) is 1. The number of aliphatic hydroxyl groups is 1. The number of nitrogens with one attached hydrogen (secondary N) is 1. The van der Waals surface area contributed by atoms with Gasteiger partial charge in [-0.25, -0.2) is 0 Å². The van der Waals surface area contributed by atoms with E-state index >= 15 is 0 Å². The number of carbonyl (C=O) groups excluding carboxylic acids is 2. The zero-order chi connectivity index (χ0) is 38.5. The number of benzene rings is 2. The van der Waals surface area contributed by atoms with Gasteiger partial charge in [0.1, 0.15) is 5.75 Å². The van der Waals surface area contributed by atoms with E-state index in [2.05, 4.69) is 57.9 Å². The summed E-state index contributed by atoms with van der Waals surface area (Å²) in [6.07, 6.45) is 9.23. The molecule has 0 radical (unpaired) electrons. The SMILES string of the molecule is C=CC(=O)N1CCN2CCN(C[C@]3(O)CCCC(C)C(C)S(=C)NC(=O)c4ccc5c(c4)N(CC4CCC43)C[C@@]3(CCCc4cc(Cl)ccc43)CO5)CC2C1. The van der Waals surface area contributed by atoms with Crippen LogP contribution in [0.3, 0.4) is 0 Å². The van der Waals surface area contributed by atoms with E-state index in [9.17, 15) is 14.7 Å². The number of rotatable bonds is 3. The van der Waals surface area contributed by atoms with Crippen molar-refractivity contribution in [1.29, 1.82) is 0 Å². The van der Waals surface area contributed by atoms with Crippen molar-refractivity contribution in [2.75, 3.05) is 70.4 Å². The summed E-state index contributed by atoms with van der Waals surface area (Å²) < 4.78 is 10.0. The van der Waals surface area contributed by atoms with Gasteiger partial charge in [0, 0.05) is 86.2 Å². The third kappa shape index (κ3) is 7.75. The molecule has 6 unspecified atom stereocenters. The molecular weight excluding hydrogens is 730 g/mol. The van der Waals surface area contributed by atoms with Crippen molar-refractivity contribution < 1.29 is 19.4 Å². The molecule has 8 rings (SSSR count). The quantitative estimate of drug-likeness (QED) is 0.286. The topological polar surface area (TPSA) is 88.6 Å². The lowest BCUT2D eigenvalue weighted by atomic mass is 9.62. The predicted octanol–water partition coefficient (Wildman–Crippen LogP) is 6.14. The first-order valence-electron chi connectivity index (χ1n) is 20.7. The minimum Gasteiger partial charge on any atom is -0.490 e. The molecule has 2 aromatic carbocycles. The minimum atomic E-state index is -0.838. The second kappa shape index (κ2) is 15.8. The van der Waals surface area contributed by atoms with Crippen LogP contribution in [0.5, 0.6) is 5.75 Å². The van der Waals surface area contributed by atoms with Crippen LogP contribution in [0.4, 0.5) is 5.69 Å². The Hall–Kier alpha value is -2.89. The lowest BCUT2D eigenvalue weighted by Gasteiger charge is -2.53. The number of halogens is 1. The first-order valence-corrected chi connectivity index (χ1v) is 22.5. The van der Waals surface area contributed by atoms with Gasteiger partial charge in [-0.3, -0.25) is 19.4 Å². The maximum atomic E-state index is 13.8. The summed E-state index contributed by atoms with van der Waals surface area (Å²) in [7, 11) is -0.571. The number of amides is 2. The Morgan fingerprint density at radius 2 is 1.89 bits per heavy atom. The van der Waals surface area contributed by atoms with Crippen LogP contribution in [0.25, 0.3) is 0 Å². The molecule has 8 atom stereocenters. The van der Waals surface area contributed by atoms with E-state index in [1.807, 2.05) is 29.2 Å². The van der Waals surface area contributed by atoms with E-state index in [4.69, 9.17) is 16.3 Å². The third-order valence-corrected chi connectivity index (χ3v) is 16.4. The van der Waals surface area contributed by atoms with Crippen LogP contribution in [-0.2, 0) is 16.6 Å². The fourth-order valence-corrected chi connectivity index (χ4v) is 12.2. The Balaban J connectivity index is 1.12. The van der Waals surface area contributed by atoms with Gasteiger partial charge in [-0.2, -0.15) is 0 Å². The van der Waals surface area contributed by atoms with Gasteiger partial charge in [-0.15, -0.1) is 0 Å². The molecule has 2 amide bonds. The Morgan fingerprint density at radius 3 is 2.69 bits per heavy atom. The molecule has 2 N–H and O–H groups in total. The molecule has 4 aliphatic heterocycles. The van der Waals surface area contributed by atoms with E-state index in [1.165, 1.54) is 17.2 Å². The van der Waals surface area contributed by atoms with Crippen LogP contribution in [0.15, 0.2) is 49.1 Å². The van der Waals surface area contributed by atoms with Gasteiger partial charge in [0.05, 0.1) is 17.9 Å². The lowest BCUT2D eigenvalue weighted by molar-refractivity contribution is -0.132. The Labute approximate surface area is 335 Å². The van der Waals surface area contributed by atoms with E-state index in [-0.39, 0.29) is 34.4 Å². The number of hydrogen-bond acceptors (Lipinski definition) is 7. The summed E-state index contributed by atoms with van der Waals surface area (Å²) in [6.45, 7) is 16.1. The van der Waals surface area contributed by atoms with Crippen molar-refractivity contribution in [3.05, 3.63) is 70.8 Å². The average Bonchev–Trinajstić information content (AvgIpc) is 3.31. The maximum Gasteiger partial charge on any atom is 0.260 e. The second-order valence-electron chi connectivity index (χ2n) is 17.7. The highest BCUT2D eigenvalue weighted by molar-refractivity contribution is 8.13. The molecule has 2 aliphatic carbocycles. The van der Waals surface area contributed by atoms with E-state index < -0.39 is 16.3 Å². The molecule has 3 fully saturated rings. The molecule has 1 saturated carbocycles. The van der Waals surface area contributed by atoms with Gasteiger partial charge in [0.15, 0.2) is 0 Å². The average molecular weight is 791 g/mol. The predicted molar refractivity (Wildman–Crippen MR) is 225 cm³/mol. The van der Waals surface area contributed by atoms with Crippen molar-refractivity contribution in [2.45, 2.75) is 87.5 Å². The number of hydrogen-bond donors (Lipinski definition) is 2. The molecule has 4 heterocycles. The highest BCUT2D eigenvalue weighted by atomic mass is 35.5. The van der Waals surface area contributed by atoms with Crippen LogP contribution in [-0.4, -0.2) is 120 Å². The normalized spacial score (nSPS) is 34.6. The fraction of sp³-hybridized carbons (Fsp3) is 0.614. The molecule has 2 aromatic rings. The zero-order valence-corrected chi connectivity index (χ0v) is 34.4. The van der Waals surface area contributed by atoms with Gasteiger partial charge in [-0.1, -0.05) is 61.1 Å². The standard InChI is InChI=1S/C44H60ClN5O4S/c1-5-41(51)49-21-20-48-19-18-47(25-36(48)26-49)28-44(53)17-6-8-30(2)31(3)55(4)46-42(52)33-11-15-40-39(23-33)50(24-34-10-13-38(34)44)27-43(29-54-40)16-7-9-32-22-35(45)12-14-37(32)43/h5,11-12,14-15,22-23,30-31,34,36,38,53H,1,4,6-10,13,16-21,24-29H2,2-3H3,(H,46,52)/t30?,31?,34?,36?,38?,43-,44+,55?/m0/s1. The maximum absolute atomic E-state index is 13.8. The second-order valence-corrected chi connectivity index (χ2v) is 19.9. The summed E-state index contributed by atoms with van der Waals surface area (Å²) in [4.78, 5) is 35.8. The van der Waals surface area contributed by atoms with Crippen LogP contribution in [0, 0.1) is 17.8 Å². The molecule has 0 aromatic heterocycles. The van der Waals surface area contributed by atoms with Crippen LogP contribution in [0.1, 0.15) is 80.3 Å². The minimum absolute atomic E-state index is 0.00759. The Kier molecular flexibility index (Phi) is 11.2. The van der Waals surface area contributed by atoms with Crippen molar-refractivity contribution in [3.63, 3.8) is 0 Å². The number of fused-ring (bicyclic) bond motifs is 5. The van der Waals surface area contributed by atoms with Crippen LogP contribution in [0.2, 0.25) is 5.02 Å². The van der Waals surface area contributed by atoms with E-state index in [0.29, 0.717) is 37.1 Å². The molecule has 298 valence electrons. The number of β-amino-alcohol motifs (C(OH)–C–C–N with tert-alkyl or cyclic N) is 1. The van der Waals surface area contributed by atoms with Crippen LogP contribution < -0.4 is 14.4 Å². The summed E-state index contributed by atoms with van der Waals surface area (Å²) in [5, 5.41) is 14.1. The molecule has 2 bridgehead atoms. The number of anilines is 1. The highest BCUT2D eigenvalue weighted by Gasteiger charge is 2.50. The van der Waals surface area contributed by atoms with Crippen molar-refractivity contribution >= 4 is 45.6 Å². The van der Waals surface area contributed by atoms with Gasteiger partial charge < -0.3 is 24.4 Å². The van der Waals surface area contributed by atoms with Crippen LogP contribution >= 0.6 is 22.3 Å². The fourth-order valence-electron chi connectivity index (χ4n) is 10.8. The molecule has 11 heteroatoms. The van der Waals surface area contributed by atoms with E-state index in [0.717, 1.165) is 114 Å². The molecule has 6 aliphatic rings. The molecular formula is C44H60ClN5O4S. The number of piperazine rings is 2. The van der Waals surface area contributed by atoms with Gasteiger partial charge >= 0.3 is 0 Å². The molecule has 55 heavy (non-hydrogen) atoms. The summed E-state index contributed by atoms with van der Waals surface area (Å²) in [5.74, 6) is 5.96. The number of nitrogens with zero attached hydrogens (tertiary/aromatic N) is 4. The number of carbonyl (C=O) groups is 2. The molecule has 9 nitrogen and oxygen atoms in total. The lowest BCUT2D eigenvalue weighted by Crippen LogP contribution is -2.65. The first kappa shape index (κ1) is 39.0. The largest absolute Gasteiger partial charge is 0.490 e. The zero-order valence-electron chi connectivity index (χ0n) is 32.8. The van der Waals surface area contributed by atoms with Crippen molar-refractivity contribution in [3.8, 4) is 5.75 Å². The first-order chi connectivity index (χ1) is 26.4.